The van der Waals surface area contributed by atoms with Crippen molar-refractivity contribution in [2.24, 2.45) is 11.0 Å². The van der Waals surface area contributed by atoms with Gasteiger partial charge in [-0.3, -0.25) is 15.7 Å². The Morgan fingerprint density at radius 1 is 1.30 bits per heavy atom. The largest absolute Gasteiger partial charge is 0.470 e. The Morgan fingerprint density at radius 2 is 1.80 bits per heavy atom. The molecule has 4 nitrogen and oxygen atoms in total. The van der Waals surface area contributed by atoms with Crippen LogP contribution in [0.1, 0.15) is 0 Å². The van der Waals surface area contributed by atoms with E-state index in [2.05, 4.69) is 0 Å². The zero-order valence-electron chi connectivity index (χ0n) is 5.18. The molecule has 0 bridgehead atoms. The van der Waals surface area contributed by atoms with Crippen molar-refractivity contribution in [3.05, 3.63) is 24.9 Å². The molecule has 10 heavy (non-hydrogen) atoms. The van der Waals surface area contributed by atoms with Crippen molar-refractivity contribution in [2.45, 2.75) is 0 Å². The van der Waals surface area contributed by atoms with Crippen molar-refractivity contribution in [1.82, 2.24) is 4.67 Å². The standard InChI is InChI=1S/C4H8N3OPS/c5-9(6,10)7-1-3-8-4-2-7/h1-4H,(H4,5,6,10). The van der Waals surface area contributed by atoms with Gasteiger partial charge in [0.1, 0.15) is 12.5 Å². The Balaban J connectivity index is 2.74. The summed E-state index contributed by atoms with van der Waals surface area (Å²) >= 11 is 4.84. The maximum atomic E-state index is 5.48. The molecule has 0 aromatic heterocycles. The Hall–Kier alpha value is -0.350. The van der Waals surface area contributed by atoms with Crippen molar-refractivity contribution >= 4 is 18.3 Å². The lowest BCUT2D eigenvalue weighted by atomic mass is 10.8. The maximum absolute atomic E-state index is 5.48. The van der Waals surface area contributed by atoms with Gasteiger partial charge in [-0.15, -0.1) is 0 Å². The fraction of sp³-hybridized carbons (Fsp3) is 0. The highest BCUT2D eigenvalue weighted by Gasteiger charge is 2.10. The number of ether oxygens (including phenoxy) is 1. The summed E-state index contributed by atoms with van der Waals surface area (Å²) in [7, 11) is 0. The topological polar surface area (TPSA) is 64.5 Å². The molecular weight excluding hydrogens is 169 g/mol. The van der Waals surface area contributed by atoms with Crippen molar-refractivity contribution in [3.8, 4) is 0 Å². The molecule has 56 valence electrons. The average Bonchev–Trinajstić information content (AvgIpc) is 1.88. The first-order chi connectivity index (χ1) is 4.61. The molecule has 0 amide bonds. The zero-order valence-corrected chi connectivity index (χ0v) is 6.89. The first-order valence-electron chi connectivity index (χ1n) is 2.55. The lowest BCUT2D eigenvalue weighted by Gasteiger charge is -2.23. The highest BCUT2D eigenvalue weighted by molar-refractivity contribution is 8.11. The van der Waals surface area contributed by atoms with Gasteiger partial charge < -0.3 is 4.74 Å². The molecule has 1 aliphatic rings. The molecule has 6 heteroatoms. The summed E-state index contributed by atoms with van der Waals surface area (Å²) < 4.78 is 6.33. The molecule has 0 aromatic carbocycles. The number of nitrogens with zero attached hydrogens (tertiary/aromatic N) is 1. The van der Waals surface area contributed by atoms with Crippen molar-refractivity contribution in [3.63, 3.8) is 0 Å². The molecule has 0 saturated carbocycles. The zero-order chi connectivity index (χ0) is 7.61. The third-order valence-corrected chi connectivity index (χ3v) is 2.50. The molecule has 0 aromatic rings. The minimum atomic E-state index is -2.33. The summed E-state index contributed by atoms with van der Waals surface area (Å²) in [4.78, 5) is 0. The van der Waals surface area contributed by atoms with Gasteiger partial charge in [0.2, 0.25) is 0 Å². The van der Waals surface area contributed by atoms with E-state index in [1.54, 1.807) is 17.1 Å². The lowest BCUT2D eigenvalue weighted by Crippen LogP contribution is -2.20. The fourth-order valence-electron chi connectivity index (χ4n) is 0.498. The molecule has 1 aliphatic heterocycles. The van der Waals surface area contributed by atoms with Gasteiger partial charge in [-0.1, -0.05) is 0 Å². The first-order valence-corrected chi connectivity index (χ1v) is 5.45. The van der Waals surface area contributed by atoms with E-state index in [-0.39, 0.29) is 0 Å². The number of nitrogens with two attached hydrogens (primary N) is 2. The van der Waals surface area contributed by atoms with E-state index >= 15 is 0 Å². The summed E-state index contributed by atoms with van der Waals surface area (Å²) in [5.74, 6) is 0. The minimum Gasteiger partial charge on any atom is -0.470 e. The van der Waals surface area contributed by atoms with Crippen molar-refractivity contribution in [1.29, 1.82) is 0 Å². The predicted molar refractivity (Wildman–Crippen MR) is 43.9 cm³/mol. The maximum Gasteiger partial charge on any atom is 0.162 e. The van der Waals surface area contributed by atoms with Gasteiger partial charge in [0, 0.05) is 12.4 Å². The first kappa shape index (κ1) is 7.75. The van der Waals surface area contributed by atoms with E-state index in [0.29, 0.717) is 0 Å². The second-order valence-electron chi connectivity index (χ2n) is 1.76. The Morgan fingerprint density at radius 3 is 2.10 bits per heavy atom. The summed E-state index contributed by atoms with van der Waals surface area (Å²) in [6.45, 7) is -2.33. The third-order valence-electron chi connectivity index (χ3n) is 0.945. The number of hydrogen-bond acceptors (Lipinski definition) is 2. The van der Waals surface area contributed by atoms with Crippen LogP contribution >= 0.6 is 6.49 Å². The smallest absolute Gasteiger partial charge is 0.162 e. The molecule has 0 fully saturated rings. The normalized spacial score (nSPS) is 17.2. The van der Waals surface area contributed by atoms with E-state index in [1.807, 2.05) is 0 Å². The second kappa shape index (κ2) is 2.72. The van der Waals surface area contributed by atoms with Gasteiger partial charge in [0.25, 0.3) is 0 Å². The van der Waals surface area contributed by atoms with Crippen molar-refractivity contribution < 1.29 is 4.74 Å². The SMILES string of the molecule is NP(N)(=S)N1C=COC=C1. The predicted octanol–water partition coefficient (Wildman–Crippen LogP) is 0.403. The van der Waals surface area contributed by atoms with Crippen molar-refractivity contribution in [2.75, 3.05) is 0 Å². The van der Waals surface area contributed by atoms with Gasteiger partial charge in [0.05, 0.1) is 0 Å². The van der Waals surface area contributed by atoms with Crippen LogP contribution in [-0.2, 0) is 16.5 Å². The Labute approximate surface area is 64.3 Å². The van der Waals surface area contributed by atoms with Gasteiger partial charge in [-0.2, -0.15) is 0 Å². The van der Waals surface area contributed by atoms with Gasteiger partial charge in [0.15, 0.2) is 6.49 Å². The summed E-state index contributed by atoms with van der Waals surface area (Å²) in [5.41, 5.74) is 11.0. The van der Waals surface area contributed by atoms with E-state index in [9.17, 15) is 0 Å². The van der Waals surface area contributed by atoms with Gasteiger partial charge in [-0.05, 0) is 11.8 Å². The summed E-state index contributed by atoms with van der Waals surface area (Å²) in [5, 5.41) is 0. The van der Waals surface area contributed by atoms with Crippen LogP contribution in [0, 0.1) is 0 Å². The fourth-order valence-corrected chi connectivity index (χ4v) is 1.35. The molecule has 4 N–H and O–H groups in total. The lowest BCUT2D eigenvalue weighted by molar-refractivity contribution is 0.376. The molecule has 1 heterocycles. The second-order valence-corrected chi connectivity index (χ2v) is 5.32. The van der Waals surface area contributed by atoms with Crippen LogP contribution in [0.25, 0.3) is 0 Å². The van der Waals surface area contributed by atoms with Crippen LogP contribution in [0.5, 0.6) is 0 Å². The minimum absolute atomic E-state index is 1.47. The van der Waals surface area contributed by atoms with E-state index in [4.69, 9.17) is 27.6 Å². The van der Waals surface area contributed by atoms with Crippen LogP contribution in [0.3, 0.4) is 0 Å². The number of rotatable bonds is 1. The Bertz CT molecular complexity index is 209. The number of hydrogen-bond donors (Lipinski definition) is 2. The Kier molecular flexibility index (Phi) is 2.11. The van der Waals surface area contributed by atoms with Crippen LogP contribution in [0.2, 0.25) is 0 Å². The van der Waals surface area contributed by atoms with E-state index in [0.717, 1.165) is 0 Å². The van der Waals surface area contributed by atoms with Crippen LogP contribution in [-0.4, -0.2) is 4.67 Å². The molecule has 0 atom stereocenters. The average molecular weight is 177 g/mol. The molecule has 0 aliphatic carbocycles. The van der Waals surface area contributed by atoms with E-state index < -0.39 is 6.49 Å². The third kappa shape index (κ3) is 1.82. The van der Waals surface area contributed by atoms with Gasteiger partial charge in [-0.25, -0.2) is 0 Å². The van der Waals surface area contributed by atoms with Gasteiger partial charge >= 0.3 is 0 Å². The molecule has 0 spiro atoms. The van der Waals surface area contributed by atoms with Crippen LogP contribution < -0.4 is 11.0 Å². The molecule has 0 saturated heterocycles. The molecule has 0 unspecified atom stereocenters. The monoisotopic (exact) mass is 177 g/mol. The molecule has 1 rings (SSSR count). The molecule has 0 radical (unpaired) electrons. The highest BCUT2D eigenvalue weighted by Crippen LogP contribution is 2.33. The van der Waals surface area contributed by atoms with Crippen LogP contribution in [0.4, 0.5) is 0 Å². The van der Waals surface area contributed by atoms with Crippen LogP contribution in [0.15, 0.2) is 24.9 Å². The highest BCUT2D eigenvalue weighted by atomic mass is 32.4. The summed E-state index contributed by atoms with van der Waals surface area (Å²) in [6.07, 6.45) is 6.17. The molecular formula is C4H8N3OPS. The summed E-state index contributed by atoms with van der Waals surface area (Å²) in [6, 6.07) is 0. The van der Waals surface area contributed by atoms with E-state index in [1.165, 1.54) is 12.5 Å². The quantitative estimate of drug-likeness (QED) is 0.568.